The van der Waals surface area contributed by atoms with Gasteiger partial charge in [-0.15, -0.1) is 0 Å². The first-order valence-corrected chi connectivity index (χ1v) is 11.3. The summed E-state index contributed by atoms with van der Waals surface area (Å²) in [6.45, 7) is 3.81. The summed E-state index contributed by atoms with van der Waals surface area (Å²) in [5, 5.41) is 13.0. The van der Waals surface area contributed by atoms with E-state index in [0.717, 1.165) is 34.4 Å². The molecule has 3 aromatic rings. The van der Waals surface area contributed by atoms with Crippen LogP contribution < -0.4 is 5.32 Å². The molecule has 5 heteroatoms. The van der Waals surface area contributed by atoms with Crippen LogP contribution in [0.1, 0.15) is 46.3 Å². The average molecular weight is 426 g/mol. The molecule has 0 saturated carbocycles. The van der Waals surface area contributed by atoms with Crippen molar-refractivity contribution in [3.05, 3.63) is 70.8 Å². The number of nitrogens with zero attached hydrogens (tertiary/aromatic N) is 1. The average Bonchev–Trinajstić information content (AvgIpc) is 3.41. The largest absolute Gasteiger partial charge is 0.392 e. The molecule has 0 radical (unpaired) electrons. The number of H-pyrrole nitrogens is 1. The molecule has 0 atom stereocenters. The molecule has 2 aliphatic rings. The van der Waals surface area contributed by atoms with Crippen LogP contribution in [-0.2, 0) is 13.1 Å². The van der Waals surface area contributed by atoms with Crippen molar-refractivity contribution in [1.29, 1.82) is 0 Å². The van der Waals surface area contributed by atoms with Crippen LogP contribution in [-0.4, -0.2) is 40.6 Å². The molecular formula is C27H27N3O2. The smallest absolute Gasteiger partial charge is 0.252 e. The van der Waals surface area contributed by atoms with Gasteiger partial charge in [-0.3, -0.25) is 9.69 Å². The van der Waals surface area contributed by atoms with Crippen molar-refractivity contribution in [2.75, 3.05) is 19.7 Å². The summed E-state index contributed by atoms with van der Waals surface area (Å²) in [6.07, 6.45) is 7.15. The number of allylic oxidation sites excluding steroid dienone is 1. The van der Waals surface area contributed by atoms with Gasteiger partial charge >= 0.3 is 0 Å². The van der Waals surface area contributed by atoms with Gasteiger partial charge in [0.05, 0.1) is 12.2 Å². The van der Waals surface area contributed by atoms with Crippen LogP contribution in [0.25, 0.3) is 22.2 Å². The van der Waals surface area contributed by atoms with E-state index < -0.39 is 0 Å². The molecule has 162 valence electrons. The highest BCUT2D eigenvalue weighted by atomic mass is 16.2. The van der Waals surface area contributed by atoms with E-state index in [1.807, 2.05) is 12.1 Å². The molecule has 5 nitrogen and oxygen atoms in total. The first-order chi connectivity index (χ1) is 15.7. The van der Waals surface area contributed by atoms with Crippen molar-refractivity contribution in [2.24, 2.45) is 0 Å². The number of aliphatic hydroxyl groups is 1. The minimum atomic E-state index is -0.0611. The maximum absolute atomic E-state index is 12.7. The Morgan fingerprint density at radius 2 is 1.97 bits per heavy atom. The van der Waals surface area contributed by atoms with E-state index in [4.69, 9.17) is 5.11 Å². The monoisotopic (exact) mass is 425 g/mol. The van der Waals surface area contributed by atoms with Crippen LogP contribution in [0.2, 0.25) is 0 Å². The Labute approximate surface area is 188 Å². The van der Waals surface area contributed by atoms with Crippen LogP contribution in [0, 0.1) is 11.8 Å². The van der Waals surface area contributed by atoms with Crippen molar-refractivity contribution in [3.8, 4) is 23.1 Å². The molecule has 5 rings (SSSR count). The van der Waals surface area contributed by atoms with Crippen LogP contribution >= 0.6 is 0 Å². The van der Waals surface area contributed by atoms with E-state index in [-0.39, 0.29) is 12.5 Å². The number of aromatic nitrogens is 1. The Kier molecular flexibility index (Phi) is 5.81. The number of nitrogens with one attached hydrogen (secondary N) is 2. The van der Waals surface area contributed by atoms with Gasteiger partial charge in [0.2, 0.25) is 0 Å². The number of aliphatic hydroxyl groups excluding tert-OH is 1. The lowest BCUT2D eigenvalue weighted by atomic mass is 9.96. The Bertz CT molecular complexity index is 1250. The molecule has 3 heterocycles. The Morgan fingerprint density at radius 1 is 1.09 bits per heavy atom. The highest BCUT2D eigenvalue weighted by Crippen LogP contribution is 2.33. The molecule has 1 amide bonds. The summed E-state index contributed by atoms with van der Waals surface area (Å²) < 4.78 is 0. The number of benzene rings is 2. The standard InChI is InChI=1S/C27H27N3O2/c31-14-6-1-3-7-20-9-10-22(26-23(20)17-28-27(26)32)25-16-21-15-19(8-11-24(21)29-25)18-30-12-4-2-5-13-30/h1,6,8-11,15-16,29,31H,2,4-5,12-14,17-18H2,(H,28,32). The number of hydrogen-bond donors (Lipinski definition) is 3. The maximum Gasteiger partial charge on any atom is 0.252 e. The number of fused-ring (bicyclic) bond motifs is 2. The summed E-state index contributed by atoms with van der Waals surface area (Å²) in [6, 6.07) is 12.7. The van der Waals surface area contributed by atoms with Gasteiger partial charge < -0.3 is 15.4 Å². The van der Waals surface area contributed by atoms with E-state index in [0.29, 0.717) is 12.1 Å². The summed E-state index contributed by atoms with van der Waals surface area (Å²) in [4.78, 5) is 18.7. The molecule has 1 saturated heterocycles. The predicted octanol–water partition coefficient (Wildman–Crippen LogP) is 3.96. The van der Waals surface area contributed by atoms with Gasteiger partial charge in [-0.2, -0.15) is 0 Å². The fourth-order valence-corrected chi connectivity index (χ4v) is 4.72. The number of likely N-dealkylation sites (tertiary alicyclic amines) is 1. The predicted molar refractivity (Wildman–Crippen MR) is 127 cm³/mol. The zero-order valence-electron chi connectivity index (χ0n) is 18.1. The number of amides is 1. The van der Waals surface area contributed by atoms with Crippen LogP contribution in [0.3, 0.4) is 0 Å². The minimum Gasteiger partial charge on any atom is -0.392 e. The van der Waals surface area contributed by atoms with Gasteiger partial charge in [-0.1, -0.05) is 36.5 Å². The zero-order chi connectivity index (χ0) is 21.9. The van der Waals surface area contributed by atoms with Crippen molar-refractivity contribution in [1.82, 2.24) is 15.2 Å². The molecule has 2 aliphatic heterocycles. The number of hydrogen-bond acceptors (Lipinski definition) is 3. The second-order valence-electron chi connectivity index (χ2n) is 8.49. The van der Waals surface area contributed by atoms with Gasteiger partial charge in [0.1, 0.15) is 0 Å². The molecule has 3 N–H and O–H groups in total. The fraction of sp³-hybridized carbons (Fsp3) is 0.296. The van der Waals surface area contributed by atoms with Gasteiger partial charge in [0, 0.05) is 46.4 Å². The normalized spacial score (nSPS) is 16.2. The lowest BCUT2D eigenvalue weighted by Gasteiger charge is -2.26. The van der Waals surface area contributed by atoms with E-state index in [9.17, 15) is 4.79 Å². The second-order valence-corrected chi connectivity index (χ2v) is 8.49. The third-order valence-electron chi connectivity index (χ3n) is 6.31. The molecule has 0 spiro atoms. The Hall–Kier alpha value is -3.33. The molecule has 1 aromatic heterocycles. The van der Waals surface area contributed by atoms with Gasteiger partial charge in [-0.25, -0.2) is 0 Å². The third kappa shape index (κ3) is 4.08. The number of aromatic amines is 1. The van der Waals surface area contributed by atoms with E-state index in [1.54, 1.807) is 12.2 Å². The van der Waals surface area contributed by atoms with E-state index in [1.165, 1.54) is 43.3 Å². The molecule has 1 fully saturated rings. The Balaban J connectivity index is 1.48. The van der Waals surface area contributed by atoms with E-state index in [2.05, 4.69) is 51.3 Å². The summed E-state index contributed by atoms with van der Waals surface area (Å²) in [5.74, 6) is 5.96. The minimum absolute atomic E-state index is 0.0358. The highest BCUT2D eigenvalue weighted by molar-refractivity contribution is 6.05. The van der Waals surface area contributed by atoms with E-state index >= 15 is 0 Å². The zero-order valence-corrected chi connectivity index (χ0v) is 18.1. The first kappa shape index (κ1) is 20.6. The fourth-order valence-electron chi connectivity index (χ4n) is 4.72. The van der Waals surface area contributed by atoms with Gasteiger partial charge in [0.25, 0.3) is 5.91 Å². The summed E-state index contributed by atoms with van der Waals surface area (Å²) in [7, 11) is 0. The number of piperidine rings is 1. The lowest BCUT2D eigenvalue weighted by molar-refractivity contribution is 0.0966. The van der Waals surface area contributed by atoms with Crippen LogP contribution in [0.5, 0.6) is 0 Å². The topological polar surface area (TPSA) is 68.4 Å². The molecule has 0 bridgehead atoms. The second kappa shape index (κ2) is 9.04. The maximum atomic E-state index is 12.7. The van der Waals surface area contributed by atoms with Crippen LogP contribution in [0.15, 0.2) is 48.6 Å². The number of rotatable bonds is 4. The van der Waals surface area contributed by atoms with Crippen molar-refractivity contribution in [3.63, 3.8) is 0 Å². The van der Waals surface area contributed by atoms with Gasteiger partial charge in [-0.05, 0) is 61.8 Å². The molecule has 2 aromatic carbocycles. The Morgan fingerprint density at radius 3 is 2.81 bits per heavy atom. The number of carbonyl (C=O) groups is 1. The van der Waals surface area contributed by atoms with Gasteiger partial charge in [0.15, 0.2) is 0 Å². The number of carbonyl (C=O) groups excluding carboxylic acids is 1. The third-order valence-corrected chi connectivity index (χ3v) is 6.31. The summed E-state index contributed by atoms with van der Waals surface area (Å²) in [5.41, 5.74) is 6.72. The highest BCUT2D eigenvalue weighted by Gasteiger charge is 2.26. The molecule has 0 aliphatic carbocycles. The quantitative estimate of drug-likeness (QED) is 0.554. The SMILES string of the molecule is O=C1NCc2c(C#CC=CCO)ccc(-c3cc4cc(CN5CCCCC5)ccc4[nH]3)c21. The lowest BCUT2D eigenvalue weighted by Crippen LogP contribution is -2.28. The van der Waals surface area contributed by atoms with Crippen molar-refractivity contribution >= 4 is 16.8 Å². The first-order valence-electron chi connectivity index (χ1n) is 11.3. The molecule has 32 heavy (non-hydrogen) atoms. The molecular weight excluding hydrogens is 398 g/mol. The summed E-state index contributed by atoms with van der Waals surface area (Å²) >= 11 is 0. The van der Waals surface area contributed by atoms with Crippen molar-refractivity contribution < 1.29 is 9.90 Å². The van der Waals surface area contributed by atoms with Crippen LogP contribution in [0.4, 0.5) is 0 Å². The van der Waals surface area contributed by atoms with Crippen molar-refractivity contribution in [2.45, 2.75) is 32.4 Å². The molecule has 0 unspecified atom stereocenters.